The molecule has 10 nitrogen and oxygen atoms in total. The summed E-state index contributed by atoms with van der Waals surface area (Å²) in [5.74, 6) is 1.68. The van der Waals surface area contributed by atoms with E-state index < -0.39 is 0 Å². The number of ether oxygens (including phenoxy) is 1. The molecule has 0 spiro atoms. The maximum atomic E-state index is 6.03. The lowest BCUT2D eigenvalue weighted by atomic mass is 9.88. The van der Waals surface area contributed by atoms with Crippen molar-refractivity contribution < 1.29 is 9.26 Å². The third kappa shape index (κ3) is 3.14. The van der Waals surface area contributed by atoms with Crippen LogP contribution in [0.25, 0.3) is 17.2 Å². The van der Waals surface area contributed by atoms with Crippen molar-refractivity contribution >= 4 is 5.65 Å². The van der Waals surface area contributed by atoms with Crippen LogP contribution >= 0.6 is 0 Å². The van der Waals surface area contributed by atoms with Gasteiger partial charge in [0.1, 0.15) is 12.4 Å². The number of nitrogens with zero attached hydrogens (tertiary/aromatic N) is 8. The van der Waals surface area contributed by atoms with Crippen LogP contribution in [0, 0.1) is 6.92 Å². The molecule has 0 aliphatic carbocycles. The summed E-state index contributed by atoms with van der Waals surface area (Å²) in [4.78, 5) is 0. The SMILES string of the molecule is Cc1cc(-c2nnc3cc(C(C)(C)C)c(OCc4cnnn4C)nn23)no1. The summed E-state index contributed by atoms with van der Waals surface area (Å²) in [5, 5.41) is 24.9. The fourth-order valence-corrected chi connectivity index (χ4v) is 2.68. The molecule has 140 valence electrons. The second kappa shape index (κ2) is 6.15. The first-order valence-corrected chi connectivity index (χ1v) is 8.50. The van der Waals surface area contributed by atoms with Crippen molar-refractivity contribution in [2.24, 2.45) is 7.05 Å². The Morgan fingerprint density at radius 2 is 2.00 bits per heavy atom. The first-order chi connectivity index (χ1) is 12.8. The largest absolute Gasteiger partial charge is 0.470 e. The highest BCUT2D eigenvalue weighted by Crippen LogP contribution is 2.32. The van der Waals surface area contributed by atoms with E-state index in [2.05, 4.69) is 51.5 Å². The quantitative estimate of drug-likeness (QED) is 0.539. The van der Waals surface area contributed by atoms with Crippen molar-refractivity contribution in [1.29, 1.82) is 0 Å². The second-order valence-corrected chi connectivity index (χ2v) is 7.37. The minimum Gasteiger partial charge on any atom is -0.470 e. The fourth-order valence-electron chi connectivity index (χ4n) is 2.68. The molecule has 10 heteroatoms. The summed E-state index contributed by atoms with van der Waals surface area (Å²) in [6.45, 7) is 8.40. The molecular weight excluding hydrogens is 348 g/mol. The highest BCUT2D eigenvalue weighted by molar-refractivity contribution is 5.56. The van der Waals surface area contributed by atoms with Crippen molar-refractivity contribution in [3.8, 4) is 17.4 Å². The minimum atomic E-state index is -0.189. The molecule has 0 bridgehead atoms. The Bertz CT molecular complexity index is 1100. The second-order valence-electron chi connectivity index (χ2n) is 7.37. The first-order valence-electron chi connectivity index (χ1n) is 8.50. The first kappa shape index (κ1) is 17.1. The molecule has 4 aromatic rings. The molecule has 4 rings (SSSR count). The van der Waals surface area contributed by atoms with Gasteiger partial charge in [-0.2, -0.15) is 4.52 Å². The lowest BCUT2D eigenvalue weighted by Gasteiger charge is -2.21. The Kier molecular flexibility index (Phi) is 3.90. The van der Waals surface area contributed by atoms with Gasteiger partial charge in [-0.05, 0) is 18.4 Å². The molecule has 0 fully saturated rings. The van der Waals surface area contributed by atoms with Crippen LogP contribution in [0.5, 0.6) is 5.88 Å². The van der Waals surface area contributed by atoms with E-state index >= 15 is 0 Å². The number of aromatic nitrogens is 8. The van der Waals surface area contributed by atoms with Crippen molar-refractivity contribution in [3.05, 3.63) is 35.3 Å². The standard InChI is InChI=1S/C17H20N8O2/c1-10-6-13(22-27-10)15-20-19-14-7-12(17(2,3)4)16(21-25(14)15)26-9-11-8-18-23-24(11)5/h6-8H,9H2,1-5H3. The van der Waals surface area contributed by atoms with Gasteiger partial charge < -0.3 is 9.26 Å². The summed E-state index contributed by atoms with van der Waals surface area (Å²) in [5.41, 5.74) is 2.77. The predicted octanol–water partition coefficient (Wildman–Crippen LogP) is 2.09. The molecule has 0 saturated carbocycles. The highest BCUT2D eigenvalue weighted by atomic mass is 16.5. The zero-order valence-corrected chi connectivity index (χ0v) is 15.8. The maximum Gasteiger partial charge on any atom is 0.236 e. The molecule has 27 heavy (non-hydrogen) atoms. The van der Waals surface area contributed by atoms with Crippen LogP contribution in [0.3, 0.4) is 0 Å². The Morgan fingerprint density at radius 3 is 2.63 bits per heavy atom. The van der Waals surface area contributed by atoms with E-state index in [0.29, 0.717) is 35.4 Å². The van der Waals surface area contributed by atoms with Crippen LogP contribution in [0.15, 0.2) is 22.9 Å². The third-order valence-corrected chi connectivity index (χ3v) is 4.19. The summed E-state index contributed by atoms with van der Waals surface area (Å²) < 4.78 is 14.5. The van der Waals surface area contributed by atoms with Gasteiger partial charge in [-0.25, -0.2) is 4.68 Å². The summed E-state index contributed by atoms with van der Waals surface area (Å²) in [6.07, 6.45) is 1.66. The molecule has 0 saturated heterocycles. The van der Waals surface area contributed by atoms with Crippen molar-refractivity contribution in [2.45, 2.75) is 39.7 Å². The summed E-state index contributed by atoms with van der Waals surface area (Å²) in [7, 11) is 1.82. The van der Waals surface area contributed by atoms with E-state index in [1.54, 1.807) is 21.5 Å². The van der Waals surface area contributed by atoms with Crippen LogP contribution in [-0.2, 0) is 19.1 Å². The lowest BCUT2D eigenvalue weighted by molar-refractivity contribution is 0.270. The Morgan fingerprint density at radius 1 is 1.19 bits per heavy atom. The van der Waals surface area contributed by atoms with Crippen LogP contribution in [0.4, 0.5) is 0 Å². The zero-order chi connectivity index (χ0) is 19.2. The monoisotopic (exact) mass is 368 g/mol. The molecule has 0 aromatic carbocycles. The number of hydrogen-bond acceptors (Lipinski definition) is 8. The molecule has 0 atom stereocenters. The van der Waals surface area contributed by atoms with Crippen LogP contribution in [0.1, 0.15) is 37.8 Å². The lowest BCUT2D eigenvalue weighted by Crippen LogP contribution is -2.16. The molecule has 4 aromatic heterocycles. The van der Waals surface area contributed by atoms with E-state index in [4.69, 9.17) is 9.26 Å². The Balaban J connectivity index is 1.80. The van der Waals surface area contributed by atoms with Crippen molar-refractivity contribution in [3.63, 3.8) is 0 Å². The van der Waals surface area contributed by atoms with Crippen molar-refractivity contribution in [2.75, 3.05) is 0 Å². The van der Waals surface area contributed by atoms with Crippen molar-refractivity contribution in [1.82, 2.24) is 40.0 Å². The van der Waals surface area contributed by atoms with E-state index in [1.807, 2.05) is 20.0 Å². The number of hydrogen-bond donors (Lipinski definition) is 0. The van der Waals surface area contributed by atoms with Gasteiger partial charge in [0.15, 0.2) is 11.3 Å². The Hall–Kier alpha value is -3.30. The van der Waals surface area contributed by atoms with Crippen LogP contribution in [0.2, 0.25) is 0 Å². The van der Waals surface area contributed by atoms with Gasteiger partial charge in [0.25, 0.3) is 0 Å². The topological polar surface area (TPSA) is 109 Å². The average molecular weight is 368 g/mol. The number of aryl methyl sites for hydroxylation is 2. The molecule has 0 unspecified atom stereocenters. The molecular formula is C17H20N8O2. The molecule has 0 aliphatic rings. The molecule has 0 N–H and O–H groups in total. The maximum absolute atomic E-state index is 6.03. The van der Waals surface area contributed by atoms with Gasteiger partial charge in [0, 0.05) is 18.7 Å². The summed E-state index contributed by atoms with van der Waals surface area (Å²) in [6, 6.07) is 3.73. The third-order valence-electron chi connectivity index (χ3n) is 4.19. The smallest absolute Gasteiger partial charge is 0.236 e. The predicted molar refractivity (Wildman–Crippen MR) is 95.1 cm³/mol. The van der Waals surface area contributed by atoms with Gasteiger partial charge in [-0.1, -0.05) is 31.1 Å². The molecule has 4 heterocycles. The van der Waals surface area contributed by atoms with Gasteiger partial charge in [0.05, 0.1) is 11.9 Å². The van der Waals surface area contributed by atoms with E-state index in [1.165, 1.54) is 0 Å². The zero-order valence-electron chi connectivity index (χ0n) is 15.8. The normalized spacial score (nSPS) is 12.0. The number of rotatable bonds is 4. The van der Waals surface area contributed by atoms with Gasteiger partial charge in [-0.3, -0.25) is 0 Å². The Labute approximate surface area is 155 Å². The highest BCUT2D eigenvalue weighted by Gasteiger charge is 2.24. The van der Waals surface area contributed by atoms with E-state index in [0.717, 1.165) is 11.3 Å². The van der Waals surface area contributed by atoms with Gasteiger partial charge in [0.2, 0.25) is 11.7 Å². The fraction of sp³-hybridized carbons (Fsp3) is 0.412. The van der Waals surface area contributed by atoms with E-state index in [9.17, 15) is 0 Å². The van der Waals surface area contributed by atoms with E-state index in [-0.39, 0.29) is 5.41 Å². The van der Waals surface area contributed by atoms with Crippen LogP contribution < -0.4 is 4.74 Å². The minimum absolute atomic E-state index is 0.189. The summed E-state index contributed by atoms with van der Waals surface area (Å²) >= 11 is 0. The van der Waals surface area contributed by atoms with Gasteiger partial charge >= 0.3 is 0 Å². The van der Waals surface area contributed by atoms with Crippen LogP contribution in [-0.4, -0.2) is 40.0 Å². The molecule has 0 radical (unpaired) electrons. The average Bonchev–Trinajstić information content (AvgIpc) is 3.31. The molecule has 0 amide bonds. The van der Waals surface area contributed by atoms with Gasteiger partial charge in [-0.15, -0.1) is 20.4 Å². The molecule has 0 aliphatic heterocycles. The number of fused-ring (bicyclic) bond motifs is 1.